The van der Waals surface area contributed by atoms with E-state index in [1.807, 2.05) is 44.4 Å². The van der Waals surface area contributed by atoms with E-state index < -0.39 is 30.9 Å². The minimum absolute atomic E-state index is 0.0277. The molecule has 4 N–H and O–H groups in total. The standard InChI is InChI=1S/C31H37ClN6O2S.C30H34ClFN6O2S/c1-6-21-16-22(17-23-18-33-31(36-30(21)23)35-24-10-12-25(13-11-24)38(4)5)26-14-15-28(34-20(26)3)37-41(39,40)27-9-7-8-19(2)29(27)32;1-5-19-15-20(16-21-17-33-30(36-29(19)21)35-22-9-11-23(12-10-22)38(3)4)24-13-14-27(34-18(24)2)37-41(39,40)26-8-6-7-25(32)28(26)31/h7-9,14-18,24-25H,6,10-13H2,1-5H3,(H,34,37)(H,33,35,36);6-8,13-17,22-23H,5,9-12H2,1-4H3,(H,34,37)(H,33,35,36). The number of halogens is 3. The number of sulfonamides is 2. The van der Waals surface area contributed by atoms with Crippen LogP contribution in [0.4, 0.5) is 27.9 Å². The Morgan fingerprint density at radius 3 is 1.37 bits per heavy atom. The van der Waals surface area contributed by atoms with Crippen molar-refractivity contribution >= 4 is 88.6 Å². The predicted molar refractivity (Wildman–Crippen MR) is 330 cm³/mol. The smallest absolute Gasteiger partial charge is 0.264 e. The normalized spacial score (nSPS) is 17.6. The summed E-state index contributed by atoms with van der Waals surface area (Å²) in [5, 5.41) is 8.73. The highest BCUT2D eigenvalue weighted by Crippen LogP contribution is 2.35. The summed E-state index contributed by atoms with van der Waals surface area (Å²) in [7, 11) is 0.573. The van der Waals surface area contributed by atoms with Crippen molar-refractivity contribution in [2.24, 2.45) is 0 Å². The first-order valence-electron chi connectivity index (χ1n) is 27.8. The molecular weight excluding hydrogens is 1120 g/mol. The summed E-state index contributed by atoms with van der Waals surface area (Å²) in [6.07, 6.45) is 14.4. The molecule has 2 aliphatic carbocycles. The lowest BCUT2D eigenvalue weighted by Crippen LogP contribution is -2.36. The van der Waals surface area contributed by atoms with E-state index in [-0.39, 0.29) is 26.4 Å². The molecular formula is C61H71Cl2FN12O4S2. The summed E-state index contributed by atoms with van der Waals surface area (Å²) >= 11 is 12.2. The second-order valence-corrected chi connectivity index (χ2v) is 25.8. The molecule has 0 unspecified atom stereocenters. The predicted octanol–water partition coefficient (Wildman–Crippen LogP) is 13.1. The number of aryl methyl sites for hydroxylation is 5. The van der Waals surface area contributed by atoms with Crippen LogP contribution in [0.25, 0.3) is 44.1 Å². The largest absolute Gasteiger partial charge is 0.351 e. The molecule has 0 spiro atoms. The van der Waals surface area contributed by atoms with Crippen molar-refractivity contribution in [2.75, 3.05) is 48.3 Å². The number of nitrogens with zero attached hydrogens (tertiary/aromatic N) is 8. The molecule has 0 aliphatic heterocycles. The van der Waals surface area contributed by atoms with Gasteiger partial charge in [0.1, 0.15) is 27.2 Å². The Kier molecular flexibility index (Phi) is 18.6. The van der Waals surface area contributed by atoms with E-state index in [4.69, 9.17) is 33.2 Å². The molecule has 4 aromatic heterocycles. The van der Waals surface area contributed by atoms with Gasteiger partial charge in [0, 0.05) is 69.8 Å². The summed E-state index contributed by atoms with van der Waals surface area (Å²) < 4.78 is 70.5. The Morgan fingerprint density at radius 2 is 0.963 bits per heavy atom. The minimum atomic E-state index is -4.13. The van der Waals surface area contributed by atoms with Crippen LogP contribution < -0.4 is 20.1 Å². The Hall–Kier alpha value is -6.61. The first-order chi connectivity index (χ1) is 39.1. The molecule has 2 saturated carbocycles. The maximum atomic E-state index is 13.8. The van der Waals surface area contributed by atoms with Gasteiger partial charge in [-0.2, -0.15) is 0 Å². The number of aromatic nitrogens is 6. The first-order valence-corrected chi connectivity index (χ1v) is 31.5. The van der Waals surface area contributed by atoms with Gasteiger partial charge in [-0.3, -0.25) is 9.44 Å². The molecule has 16 nitrogen and oxygen atoms in total. The third-order valence-electron chi connectivity index (χ3n) is 15.7. The fraction of sp³-hybridized carbons (Fsp3) is 0.377. The van der Waals surface area contributed by atoms with Crippen molar-refractivity contribution in [1.29, 1.82) is 0 Å². The van der Waals surface area contributed by atoms with Crippen LogP contribution in [0, 0.1) is 26.6 Å². The van der Waals surface area contributed by atoms with Crippen molar-refractivity contribution in [3.05, 3.63) is 141 Å². The molecule has 0 bridgehead atoms. The summed E-state index contributed by atoms with van der Waals surface area (Å²) in [6.45, 7) is 9.67. The Bertz CT molecular complexity index is 3630. The van der Waals surface area contributed by atoms with Crippen molar-refractivity contribution < 1.29 is 21.2 Å². The Balaban J connectivity index is 0.000000198. The fourth-order valence-corrected chi connectivity index (χ4v) is 14.1. The molecule has 2 aliphatic rings. The summed E-state index contributed by atoms with van der Waals surface area (Å²) in [4.78, 5) is 32.4. The third-order valence-corrected chi connectivity index (χ3v) is 19.6. The maximum Gasteiger partial charge on any atom is 0.264 e. The number of anilines is 4. The number of hydrogen-bond acceptors (Lipinski definition) is 14. The molecule has 82 heavy (non-hydrogen) atoms. The fourth-order valence-electron chi connectivity index (χ4n) is 11.0. The van der Waals surface area contributed by atoms with E-state index in [0.717, 1.165) is 113 Å². The van der Waals surface area contributed by atoms with Crippen molar-refractivity contribution in [3.8, 4) is 22.3 Å². The number of pyridine rings is 2. The van der Waals surface area contributed by atoms with Crippen LogP contribution in [0.3, 0.4) is 0 Å². The monoisotopic (exact) mass is 1190 g/mol. The van der Waals surface area contributed by atoms with Crippen LogP contribution in [-0.4, -0.2) is 109 Å². The molecule has 0 radical (unpaired) electrons. The lowest BCUT2D eigenvalue weighted by molar-refractivity contribution is 0.221. The molecule has 4 heterocycles. The molecule has 0 saturated heterocycles. The van der Waals surface area contributed by atoms with Crippen LogP contribution in [0.5, 0.6) is 0 Å². The van der Waals surface area contributed by atoms with Crippen LogP contribution in [0.2, 0.25) is 10.0 Å². The molecule has 432 valence electrons. The van der Waals surface area contributed by atoms with E-state index in [9.17, 15) is 21.2 Å². The molecule has 0 amide bonds. The number of hydrogen-bond donors (Lipinski definition) is 4. The quantitative estimate of drug-likeness (QED) is 0.0712. The van der Waals surface area contributed by atoms with E-state index in [1.165, 1.54) is 31.0 Å². The highest BCUT2D eigenvalue weighted by atomic mass is 35.5. The van der Waals surface area contributed by atoms with Gasteiger partial charge in [0.15, 0.2) is 0 Å². The lowest BCUT2D eigenvalue weighted by atomic mass is 9.90. The third kappa shape index (κ3) is 13.7. The summed E-state index contributed by atoms with van der Waals surface area (Å²) in [5.74, 6) is 0.870. The van der Waals surface area contributed by atoms with Crippen LogP contribution in [-0.2, 0) is 32.9 Å². The first kappa shape index (κ1) is 60.0. The van der Waals surface area contributed by atoms with Crippen molar-refractivity contribution in [2.45, 2.75) is 133 Å². The van der Waals surface area contributed by atoms with E-state index >= 15 is 0 Å². The van der Waals surface area contributed by atoms with Gasteiger partial charge < -0.3 is 20.4 Å². The topological polar surface area (TPSA) is 200 Å². The second kappa shape index (κ2) is 25.5. The van der Waals surface area contributed by atoms with Crippen LogP contribution in [0.1, 0.15) is 93.3 Å². The molecule has 8 aromatic rings. The van der Waals surface area contributed by atoms with Gasteiger partial charge in [-0.15, -0.1) is 0 Å². The van der Waals surface area contributed by atoms with Crippen molar-refractivity contribution in [1.82, 2.24) is 39.7 Å². The SMILES string of the molecule is CCc1cc(-c2ccc(NS(=O)(=O)c3cccc(C)c3Cl)nc2C)cc2cnc(NC3CCC(N(C)C)CC3)nc12.CCc1cc(-c2ccc(NS(=O)(=O)c3cccc(F)c3Cl)nc2C)cc2cnc(NC3CCC(N(C)C)CC3)nc12. The molecule has 2 fully saturated rings. The number of rotatable bonds is 16. The lowest BCUT2D eigenvalue weighted by Gasteiger charge is -2.33. The van der Waals surface area contributed by atoms with E-state index in [2.05, 4.69) is 110 Å². The Labute approximate surface area is 491 Å². The maximum absolute atomic E-state index is 13.8. The van der Waals surface area contributed by atoms with Gasteiger partial charge in [-0.1, -0.05) is 55.2 Å². The van der Waals surface area contributed by atoms with Gasteiger partial charge in [-0.25, -0.2) is 51.1 Å². The number of fused-ring (bicyclic) bond motifs is 2. The average molecular weight is 1190 g/mol. The zero-order valence-corrected chi connectivity index (χ0v) is 50.9. The summed E-state index contributed by atoms with van der Waals surface area (Å²) in [6, 6.07) is 25.9. The molecule has 0 atom stereocenters. The van der Waals surface area contributed by atoms with E-state index in [0.29, 0.717) is 53.0 Å². The van der Waals surface area contributed by atoms with Crippen LogP contribution >= 0.6 is 23.2 Å². The average Bonchev–Trinajstić information content (AvgIpc) is 3.64. The molecule has 4 aromatic carbocycles. The highest BCUT2D eigenvalue weighted by molar-refractivity contribution is 7.93. The second-order valence-electron chi connectivity index (χ2n) is 21.8. The van der Waals surface area contributed by atoms with Gasteiger partial charge in [0.25, 0.3) is 20.0 Å². The van der Waals surface area contributed by atoms with E-state index in [1.54, 1.807) is 31.2 Å². The highest BCUT2D eigenvalue weighted by Gasteiger charge is 2.26. The molecule has 10 rings (SSSR count). The van der Waals surface area contributed by atoms with Crippen molar-refractivity contribution in [3.63, 3.8) is 0 Å². The van der Waals surface area contributed by atoms with Gasteiger partial charge in [0.2, 0.25) is 11.9 Å². The number of nitrogens with one attached hydrogen (secondary N) is 4. The van der Waals surface area contributed by atoms with Gasteiger partial charge >= 0.3 is 0 Å². The van der Waals surface area contributed by atoms with Gasteiger partial charge in [0.05, 0.1) is 21.1 Å². The zero-order chi connectivity index (χ0) is 58.6. The van der Waals surface area contributed by atoms with Crippen LogP contribution in [0.15, 0.2) is 107 Å². The summed E-state index contributed by atoms with van der Waals surface area (Å²) in [5.41, 5.74) is 9.79. The Morgan fingerprint density at radius 1 is 0.549 bits per heavy atom. The minimum Gasteiger partial charge on any atom is -0.351 e. The zero-order valence-electron chi connectivity index (χ0n) is 47.8. The number of benzene rings is 4. The molecule has 21 heteroatoms. The van der Waals surface area contributed by atoms with Gasteiger partial charge in [-0.05, 0) is 208 Å².